The number of halogens is 2. The zero-order valence-electron chi connectivity index (χ0n) is 11.1. The molecule has 1 unspecified atom stereocenters. The quantitative estimate of drug-likeness (QED) is 0.711. The van der Waals surface area contributed by atoms with Crippen molar-refractivity contribution in [3.05, 3.63) is 27.1 Å². The van der Waals surface area contributed by atoms with Crippen LogP contribution in [-0.4, -0.2) is 17.0 Å². The molecule has 0 saturated heterocycles. The molecule has 0 aromatic heterocycles. The van der Waals surface area contributed by atoms with Crippen molar-refractivity contribution in [2.75, 3.05) is 11.9 Å². The van der Waals surface area contributed by atoms with Crippen LogP contribution in [0.1, 0.15) is 26.7 Å². The maximum Gasteiger partial charge on any atom is 0.161 e. The summed E-state index contributed by atoms with van der Waals surface area (Å²) in [5, 5.41) is 5.09. The molecule has 2 rings (SSSR count). The molecule has 2 nitrogen and oxygen atoms in total. The highest BCUT2D eigenvalue weighted by Crippen LogP contribution is 2.35. The molecule has 0 fully saturated rings. The lowest BCUT2D eigenvalue weighted by Gasteiger charge is -2.19. The number of rotatable bonds is 4. The third-order valence-corrected chi connectivity index (χ3v) is 6.06. The summed E-state index contributed by atoms with van der Waals surface area (Å²) >= 11 is 9.02. The van der Waals surface area contributed by atoms with E-state index in [9.17, 15) is 0 Å². The second kappa shape index (κ2) is 7.14. The fourth-order valence-corrected chi connectivity index (χ4v) is 4.76. The molecule has 0 saturated carbocycles. The van der Waals surface area contributed by atoms with E-state index >= 15 is 0 Å². The molecule has 104 valence electrons. The summed E-state index contributed by atoms with van der Waals surface area (Å²) in [5.74, 6) is 0.760. The summed E-state index contributed by atoms with van der Waals surface area (Å²) in [4.78, 5) is 4.64. The van der Waals surface area contributed by atoms with Crippen molar-refractivity contribution in [3.8, 4) is 0 Å². The van der Waals surface area contributed by atoms with E-state index in [2.05, 4.69) is 56.0 Å². The lowest BCUT2D eigenvalue weighted by Crippen LogP contribution is -2.17. The van der Waals surface area contributed by atoms with Gasteiger partial charge in [0, 0.05) is 14.2 Å². The zero-order chi connectivity index (χ0) is 13.8. The molecule has 0 amide bonds. The van der Waals surface area contributed by atoms with Crippen LogP contribution in [0.4, 0.5) is 5.69 Å². The van der Waals surface area contributed by atoms with Crippen LogP contribution in [0, 0.1) is 5.92 Å². The predicted octanol–water partition coefficient (Wildman–Crippen LogP) is 5.53. The van der Waals surface area contributed by atoms with E-state index in [4.69, 9.17) is 0 Å². The standard InChI is InChI=1S/C14H18Br2N2S/c1-3-9(4-2)12-8-17-14(19-12)18-13-10(15)6-5-7-11(13)16/h5-7,9,12H,3-4,8H2,1-2H3,(H,17,18). The number of amidine groups is 1. The molecule has 5 heteroatoms. The molecule has 1 aliphatic heterocycles. The van der Waals surface area contributed by atoms with Gasteiger partial charge in [0.05, 0.1) is 12.2 Å². The average Bonchev–Trinajstić information content (AvgIpc) is 2.84. The molecule has 1 aromatic carbocycles. The molecular formula is C14H18Br2N2S. The second-order valence-electron chi connectivity index (χ2n) is 4.60. The third kappa shape index (κ3) is 3.76. The maximum absolute atomic E-state index is 4.64. The van der Waals surface area contributed by atoms with Crippen LogP contribution in [0.2, 0.25) is 0 Å². The number of aliphatic imine (C=N–C) groups is 1. The summed E-state index contributed by atoms with van der Waals surface area (Å²) in [6.07, 6.45) is 2.46. The monoisotopic (exact) mass is 404 g/mol. The molecule has 1 N–H and O–H groups in total. The van der Waals surface area contributed by atoms with Crippen LogP contribution in [0.5, 0.6) is 0 Å². The molecule has 0 radical (unpaired) electrons. The number of benzene rings is 1. The molecule has 19 heavy (non-hydrogen) atoms. The summed E-state index contributed by atoms with van der Waals surface area (Å²) < 4.78 is 2.10. The van der Waals surface area contributed by atoms with Crippen molar-refractivity contribution in [2.45, 2.75) is 31.9 Å². The van der Waals surface area contributed by atoms with E-state index in [0.717, 1.165) is 32.3 Å². The number of hydrogen-bond donors (Lipinski definition) is 1. The second-order valence-corrected chi connectivity index (χ2v) is 7.54. The highest BCUT2D eigenvalue weighted by atomic mass is 79.9. The molecule has 1 aromatic rings. The summed E-state index contributed by atoms with van der Waals surface area (Å²) in [5.41, 5.74) is 1.05. The normalized spacial score (nSPS) is 18.8. The van der Waals surface area contributed by atoms with E-state index in [1.54, 1.807) is 0 Å². The van der Waals surface area contributed by atoms with Gasteiger partial charge in [0.1, 0.15) is 0 Å². The summed E-state index contributed by atoms with van der Waals surface area (Å²) in [6.45, 7) is 5.47. The van der Waals surface area contributed by atoms with Crippen LogP contribution in [0.25, 0.3) is 0 Å². The van der Waals surface area contributed by atoms with Crippen molar-refractivity contribution in [1.82, 2.24) is 0 Å². The molecule has 0 bridgehead atoms. The fraction of sp³-hybridized carbons (Fsp3) is 0.500. The van der Waals surface area contributed by atoms with E-state index < -0.39 is 0 Å². The lowest BCUT2D eigenvalue weighted by molar-refractivity contribution is 0.479. The number of nitrogens with one attached hydrogen (secondary N) is 1. The Balaban J connectivity index is 2.02. The van der Waals surface area contributed by atoms with Crippen LogP contribution in [-0.2, 0) is 0 Å². The Morgan fingerprint density at radius 2 is 1.95 bits per heavy atom. The Bertz CT molecular complexity index is 452. The van der Waals surface area contributed by atoms with Gasteiger partial charge < -0.3 is 5.32 Å². The van der Waals surface area contributed by atoms with Gasteiger partial charge in [-0.15, -0.1) is 0 Å². The highest BCUT2D eigenvalue weighted by molar-refractivity contribution is 9.11. The first kappa shape index (κ1) is 15.4. The molecule has 0 spiro atoms. The SMILES string of the molecule is CCC(CC)C1CN=C(Nc2c(Br)cccc2Br)S1. The van der Waals surface area contributed by atoms with Crippen molar-refractivity contribution < 1.29 is 0 Å². The van der Waals surface area contributed by atoms with Crippen LogP contribution >= 0.6 is 43.6 Å². The van der Waals surface area contributed by atoms with Crippen LogP contribution in [0.3, 0.4) is 0 Å². The Labute approximate surface area is 136 Å². The van der Waals surface area contributed by atoms with Crippen molar-refractivity contribution in [2.24, 2.45) is 10.9 Å². The summed E-state index contributed by atoms with van der Waals surface area (Å²) in [6, 6.07) is 6.08. The van der Waals surface area contributed by atoms with E-state index in [1.165, 1.54) is 12.8 Å². The Hall–Kier alpha value is -0.000000000000000111. The van der Waals surface area contributed by atoms with Gasteiger partial charge in [-0.3, -0.25) is 4.99 Å². The minimum absolute atomic E-state index is 0.624. The molecular weight excluding hydrogens is 388 g/mol. The van der Waals surface area contributed by atoms with E-state index in [-0.39, 0.29) is 0 Å². The van der Waals surface area contributed by atoms with E-state index in [1.807, 2.05) is 30.0 Å². The largest absolute Gasteiger partial charge is 0.333 e. The van der Waals surface area contributed by atoms with Gasteiger partial charge in [-0.25, -0.2) is 0 Å². The molecule has 1 aliphatic rings. The van der Waals surface area contributed by atoms with Gasteiger partial charge in [-0.1, -0.05) is 44.5 Å². The zero-order valence-corrected chi connectivity index (χ0v) is 15.1. The number of thioether (sulfide) groups is 1. The van der Waals surface area contributed by atoms with Gasteiger partial charge in [-0.2, -0.15) is 0 Å². The predicted molar refractivity (Wildman–Crippen MR) is 93.2 cm³/mol. The highest BCUT2D eigenvalue weighted by Gasteiger charge is 2.26. The first-order valence-corrected chi connectivity index (χ1v) is 9.04. The number of hydrogen-bond acceptors (Lipinski definition) is 3. The average molecular weight is 406 g/mol. The number of para-hydroxylation sites is 1. The Kier molecular flexibility index (Phi) is 5.78. The number of nitrogens with zero attached hydrogens (tertiary/aromatic N) is 1. The maximum atomic E-state index is 4.64. The lowest BCUT2D eigenvalue weighted by atomic mass is 9.99. The Morgan fingerprint density at radius 3 is 2.53 bits per heavy atom. The van der Waals surface area contributed by atoms with Crippen LogP contribution in [0.15, 0.2) is 32.1 Å². The van der Waals surface area contributed by atoms with Crippen molar-refractivity contribution in [1.29, 1.82) is 0 Å². The smallest absolute Gasteiger partial charge is 0.161 e. The van der Waals surface area contributed by atoms with Gasteiger partial charge in [-0.05, 0) is 49.9 Å². The van der Waals surface area contributed by atoms with Crippen molar-refractivity contribution >= 4 is 54.5 Å². The van der Waals surface area contributed by atoms with E-state index in [0.29, 0.717) is 5.25 Å². The molecule has 0 aliphatic carbocycles. The van der Waals surface area contributed by atoms with Crippen LogP contribution < -0.4 is 5.32 Å². The van der Waals surface area contributed by atoms with Gasteiger partial charge >= 0.3 is 0 Å². The minimum atomic E-state index is 0.624. The molecule has 1 heterocycles. The summed E-state index contributed by atoms with van der Waals surface area (Å²) in [7, 11) is 0. The van der Waals surface area contributed by atoms with Crippen molar-refractivity contribution in [3.63, 3.8) is 0 Å². The Morgan fingerprint density at radius 1 is 1.32 bits per heavy atom. The molecule has 1 atom stereocenters. The van der Waals surface area contributed by atoms with Gasteiger partial charge in [0.25, 0.3) is 0 Å². The van der Waals surface area contributed by atoms with Gasteiger partial charge in [0.2, 0.25) is 0 Å². The minimum Gasteiger partial charge on any atom is -0.333 e. The van der Waals surface area contributed by atoms with Gasteiger partial charge in [0.15, 0.2) is 5.17 Å². The third-order valence-electron chi connectivity index (χ3n) is 3.45. The fourth-order valence-electron chi connectivity index (χ4n) is 2.24. The number of anilines is 1. The first-order valence-electron chi connectivity index (χ1n) is 6.57. The first-order chi connectivity index (χ1) is 9.15. The topological polar surface area (TPSA) is 24.4 Å².